The van der Waals surface area contributed by atoms with Crippen LogP contribution in [0, 0.1) is 5.92 Å². The Balaban J connectivity index is 1.61. The van der Waals surface area contributed by atoms with Crippen molar-refractivity contribution in [3.63, 3.8) is 0 Å². The van der Waals surface area contributed by atoms with E-state index in [-0.39, 0.29) is 25.9 Å². The summed E-state index contributed by atoms with van der Waals surface area (Å²) in [6.45, 7) is 4.29. The number of ether oxygens (including phenoxy) is 2. The number of nitrogens with zero attached hydrogens (tertiary/aromatic N) is 3. The Morgan fingerprint density at radius 2 is 2.03 bits per heavy atom. The number of aliphatic carboxylic acids is 1. The number of rotatable bonds is 15. The van der Waals surface area contributed by atoms with Crippen molar-refractivity contribution in [1.29, 1.82) is 0 Å². The number of carbonyl (C=O) groups excluding carboxylic acids is 1. The van der Waals surface area contributed by atoms with Crippen LogP contribution in [0.2, 0.25) is 0 Å². The Bertz CT molecular complexity index is 1090. The third kappa shape index (κ3) is 6.90. The minimum absolute atomic E-state index is 0.00637. The van der Waals surface area contributed by atoms with Crippen molar-refractivity contribution in [1.82, 2.24) is 14.8 Å². The second-order valence-electron chi connectivity index (χ2n) is 10.2. The maximum Gasteiger partial charge on any atom is 0.308 e. The van der Waals surface area contributed by atoms with Crippen LogP contribution in [-0.4, -0.2) is 82.4 Å². The zero-order valence-corrected chi connectivity index (χ0v) is 22.6. The normalized spacial score (nSPS) is 20.4. The zero-order chi connectivity index (χ0) is 27.8. The molecule has 2 aromatic rings. The first-order valence-corrected chi connectivity index (χ1v) is 13.8. The summed E-state index contributed by atoms with van der Waals surface area (Å²) in [4.78, 5) is 34.4. The van der Waals surface area contributed by atoms with Crippen molar-refractivity contribution in [2.24, 2.45) is 11.7 Å². The highest BCUT2D eigenvalue weighted by atomic mass is 16.7. The van der Waals surface area contributed by atoms with Crippen molar-refractivity contribution in [3.05, 3.63) is 41.6 Å². The minimum atomic E-state index is -0.929. The highest BCUT2D eigenvalue weighted by Gasteiger charge is 2.47. The topological polar surface area (TPSA) is 152 Å². The van der Waals surface area contributed by atoms with Crippen LogP contribution in [0.1, 0.15) is 62.0 Å². The first-order chi connectivity index (χ1) is 19.0. The third-order valence-electron chi connectivity index (χ3n) is 7.70. The average Bonchev–Trinajstić information content (AvgIpc) is 3.69. The van der Waals surface area contributed by atoms with Gasteiger partial charge < -0.3 is 34.7 Å². The smallest absolute Gasteiger partial charge is 0.308 e. The first kappa shape index (κ1) is 28.8. The Morgan fingerprint density at radius 1 is 1.21 bits per heavy atom. The standard InChI is InChI=1S/C28H40N4O7/c1-2-3-10-31(11-5-4-8-29)25(34)16-32-15-21(19-13-20(17-33)27-23(14-19)38-18-39-27)26(28(35)36)22(32)6-7-24-30-9-12-37-24/h9,12-14,21-22,26,33H,2-8,10-11,15-18,29H2,1H3,(H,35,36)/t21-,22+,26-/m1/s1. The molecule has 3 heterocycles. The Hall–Kier alpha value is -3.15. The molecule has 0 aliphatic carbocycles. The van der Waals surface area contributed by atoms with Gasteiger partial charge in [0.2, 0.25) is 12.7 Å². The van der Waals surface area contributed by atoms with Gasteiger partial charge in [-0.15, -0.1) is 0 Å². The van der Waals surface area contributed by atoms with Gasteiger partial charge in [0, 0.05) is 43.6 Å². The van der Waals surface area contributed by atoms with E-state index in [1.165, 1.54) is 6.26 Å². The monoisotopic (exact) mass is 544 g/mol. The fraction of sp³-hybridized carbons (Fsp3) is 0.607. The van der Waals surface area contributed by atoms with E-state index >= 15 is 0 Å². The van der Waals surface area contributed by atoms with E-state index in [1.807, 2.05) is 9.80 Å². The average molecular weight is 545 g/mol. The van der Waals surface area contributed by atoms with Crippen molar-refractivity contribution in [2.75, 3.05) is 39.5 Å². The number of aliphatic hydroxyl groups excluding tert-OH is 1. The Kier molecular flexibility index (Phi) is 10.2. The number of unbranched alkanes of at least 4 members (excludes halogenated alkanes) is 2. The molecule has 39 heavy (non-hydrogen) atoms. The first-order valence-electron chi connectivity index (χ1n) is 13.8. The molecule has 1 aromatic heterocycles. The van der Waals surface area contributed by atoms with Crippen molar-refractivity contribution >= 4 is 11.9 Å². The molecule has 214 valence electrons. The number of benzene rings is 1. The van der Waals surface area contributed by atoms with Crippen molar-refractivity contribution < 1.29 is 33.7 Å². The molecule has 1 fully saturated rings. The molecular formula is C28H40N4O7. The number of amides is 1. The highest BCUT2D eigenvalue weighted by molar-refractivity contribution is 5.79. The van der Waals surface area contributed by atoms with Gasteiger partial charge in [-0.3, -0.25) is 14.5 Å². The van der Waals surface area contributed by atoms with Crippen LogP contribution in [0.15, 0.2) is 29.0 Å². The lowest BCUT2D eigenvalue weighted by Crippen LogP contribution is -2.45. The van der Waals surface area contributed by atoms with Crippen LogP contribution in [0.4, 0.5) is 0 Å². The molecule has 1 aromatic carbocycles. The number of aryl methyl sites for hydroxylation is 1. The SMILES string of the molecule is CCCCN(CCCCN)C(=O)CN1C[C@H](c2cc(CO)c3c(c2)OCO3)[C@@H](C(=O)O)[C@@H]1CCc1ncco1. The molecule has 0 radical (unpaired) electrons. The van der Waals surface area contributed by atoms with Crippen LogP contribution in [0.3, 0.4) is 0 Å². The van der Waals surface area contributed by atoms with E-state index in [0.29, 0.717) is 62.0 Å². The van der Waals surface area contributed by atoms with Gasteiger partial charge >= 0.3 is 5.97 Å². The number of likely N-dealkylation sites (tertiary alicyclic amines) is 1. The molecule has 11 nitrogen and oxygen atoms in total. The van der Waals surface area contributed by atoms with Crippen LogP contribution in [0.25, 0.3) is 0 Å². The summed E-state index contributed by atoms with van der Waals surface area (Å²) in [6.07, 6.45) is 7.56. The number of aliphatic hydroxyl groups is 1. The third-order valence-corrected chi connectivity index (χ3v) is 7.70. The number of aromatic nitrogens is 1. The van der Waals surface area contributed by atoms with Gasteiger partial charge in [0.15, 0.2) is 17.4 Å². The van der Waals surface area contributed by atoms with Crippen molar-refractivity contribution in [2.45, 2.75) is 64.0 Å². The van der Waals surface area contributed by atoms with E-state index in [4.69, 9.17) is 19.6 Å². The molecule has 1 saturated heterocycles. The van der Waals surface area contributed by atoms with Crippen LogP contribution in [-0.2, 0) is 22.6 Å². The largest absolute Gasteiger partial charge is 0.481 e. The number of hydrogen-bond acceptors (Lipinski definition) is 9. The lowest BCUT2D eigenvalue weighted by Gasteiger charge is -2.29. The molecule has 11 heteroatoms. The molecule has 1 amide bonds. The van der Waals surface area contributed by atoms with E-state index < -0.39 is 23.8 Å². The maximum atomic E-state index is 13.6. The summed E-state index contributed by atoms with van der Waals surface area (Å²) in [5.74, 6) is -0.604. The van der Waals surface area contributed by atoms with Crippen LogP contribution < -0.4 is 15.2 Å². The predicted molar refractivity (Wildman–Crippen MR) is 142 cm³/mol. The number of hydrogen-bond donors (Lipinski definition) is 3. The molecule has 3 atom stereocenters. The second-order valence-corrected chi connectivity index (χ2v) is 10.2. The summed E-state index contributed by atoms with van der Waals surface area (Å²) in [7, 11) is 0. The molecule has 0 bridgehead atoms. The van der Waals surface area contributed by atoms with E-state index in [1.54, 1.807) is 18.3 Å². The molecular weight excluding hydrogens is 504 g/mol. The lowest BCUT2D eigenvalue weighted by atomic mass is 9.83. The maximum absolute atomic E-state index is 13.6. The van der Waals surface area contributed by atoms with E-state index in [9.17, 15) is 19.8 Å². The summed E-state index contributed by atoms with van der Waals surface area (Å²) in [6, 6.07) is 3.19. The minimum Gasteiger partial charge on any atom is -0.481 e. The van der Waals surface area contributed by atoms with Gasteiger partial charge in [-0.25, -0.2) is 4.98 Å². The van der Waals surface area contributed by atoms with Gasteiger partial charge in [-0.1, -0.05) is 13.3 Å². The van der Waals surface area contributed by atoms with Crippen LogP contribution in [0.5, 0.6) is 11.5 Å². The Morgan fingerprint density at radius 3 is 2.72 bits per heavy atom. The quantitative estimate of drug-likeness (QED) is 0.285. The van der Waals surface area contributed by atoms with E-state index in [2.05, 4.69) is 11.9 Å². The fourth-order valence-electron chi connectivity index (χ4n) is 5.71. The summed E-state index contributed by atoms with van der Waals surface area (Å²) >= 11 is 0. The molecule has 2 aliphatic rings. The molecule has 0 spiro atoms. The Labute approximate surface area is 228 Å². The number of oxazole rings is 1. The summed E-state index contributed by atoms with van der Waals surface area (Å²) in [5.41, 5.74) is 6.97. The molecule has 0 unspecified atom stereocenters. The van der Waals surface area contributed by atoms with Crippen LogP contribution >= 0.6 is 0 Å². The number of carbonyl (C=O) groups is 2. The number of nitrogens with two attached hydrogens (primary N) is 1. The van der Waals surface area contributed by atoms with Gasteiger partial charge in [0.05, 0.1) is 25.3 Å². The van der Waals surface area contributed by atoms with Gasteiger partial charge in [0.1, 0.15) is 6.26 Å². The van der Waals surface area contributed by atoms with Gasteiger partial charge in [-0.05, 0) is 49.9 Å². The highest BCUT2D eigenvalue weighted by Crippen LogP contribution is 2.44. The molecule has 4 N–H and O–H groups in total. The number of carboxylic acids is 1. The van der Waals surface area contributed by atoms with Gasteiger partial charge in [0.25, 0.3) is 0 Å². The number of fused-ring (bicyclic) bond motifs is 1. The van der Waals surface area contributed by atoms with Crippen molar-refractivity contribution in [3.8, 4) is 11.5 Å². The molecule has 2 aliphatic heterocycles. The predicted octanol–water partition coefficient (Wildman–Crippen LogP) is 2.36. The zero-order valence-electron chi connectivity index (χ0n) is 22.6. The fourth-order valence-corrected chi connectivity index (χ4v) is 5.71. The summed E-state index contributed by atoms with van der Waals surface area (Å²) < 4.78 is 16.5. The second kappa shape index (κ2) is 13.8. The summed E-state index contributed by atoms with van der Waals surface area (Å²) in [5, 5.41) is 20.4. The lowest BCUT2D eigenvalue weighted by molar-refractivity contribution is -0.143. The van der Waals surface area contributed by atoms with E-state index in [0.717, 1.165) is 31.2 Å². The van der Waals surface area contributed by atoms with Gasteiger partial charge in [-0.2, -0.15) is 0 Å². The number of carboxylic acid groups (broad SMARTS) is 1. The molecule has 4 rings (SSSR count). The molecule has 0 saturated carbocycles.